The molecule has 0 unspecified atom stereocenters. The molecule has 1 heterocycles. The average Bonchev–Trinajstić information content (AvgIpc) is 1.88. The average molecular weight is 133 g/mol. The molecule has 0 spiro atoms. The van der Waals surface area contributed by atoms with E-state index in [1.54, 1.807) is 12.4 Å². The molecule has 0 N–H and O–H groups in total. The Bertz CT molecular complexity index is 207. The first kappa shape index (κ1) is 7.06. The fourth-order valence-corrected chi connectivity index (χ4v) is 0.562. The molecule has 0 amide bonds. The highest BCUT2D eigenvalue weighted by Crippen LogP contribution is 1.95. The summed E-state index contributed by atoms with van der Waals surface area (Å²) in [6.45, 7) is 0. The van der Waals surface area contributed by atoms with Crippen molar-refractivity contribution >= 4 is 19.3 Å². The van der Waals surface area contributed by atoms with Gasteiger partial charge in [0, 0.05) is 26.5 Å². The van der Waals surface area contributed by atoms with E-state index in [1.807, 2.05) is 19.0 Å². The van der Waals surface area contributed by atoms with Crippen molar-refractivity contribution in [3.05, 3.63) is 12.4 Å². The minimum Gasteiger partial charge on any atom is -0.347 e. The van der Waals surface area contributed by atoms with Gasteiger partial charge in [-0.1, -0.05) is 5.46 Å². The molecule has 0 saturated carbocycles. The van der Waals surface area contributed by atoms with Gasteiger partial charge in [-0.15, -0.1) is 0 Å². The predicted octanol–water partition coefficient (Wildman–Crippen LogP) is -0.664. The Morgan fingerprint density at radius 2 is 1.80 bits per heavy atom. The Kier molecular flexibility index (Phi) is 1.90. The third kappa shape index (κ3) is 1.46. The molecule has 2 radical (unpaired) electrons. The lowest BCUT2D eigenvalue weighted by molar-refractivity contribution is 1.00. The minimum absolute atomic E-state index is 0.589. The minimum atomic E-state index is 0.589. The summed E-state index contributed by atoms with van der Waals surface area (Å²) in [5.74, 6) is 0.675. The lowest BCUT2D eigenvalue weighted by Crippen LogP contribution is -2.15. The molecular formula is C6H8BN3. The second-order valence-corrected chi connectivity index (χ2v) is 2.21. The summed E-state index contributed by atoms with van der Waals surface area (Å²) in [7, 11) is 9.14. The number of nitrogens with zero attached hydrogens (tertiary/aromatic N) is 3. The van der Waals surface area contributed by atoms with Crippen LogP contribution < -0.4 is 10.4 Å². The number of hydrogen-bond acceptors (Lipinski definition) is 3. The summed E-state index contributed by atoms with van der Waals surface area (Å²) in [6, 6.07) is 0. The van der Waals surface area contributed by atoms with Gasteiger partial charge in [-0.25, -0.2) is 9.97 Å². The van der Waals surface area contributed by atoms with Crippen LogP contribution in [0, 0.1) is 0 Å². The Morgan fingerprint density at radius 3 is 2.20 bits per heavy atom. The zero-order chi connectivity index (χ0) is 7.56. The summed E-state index contributed by atoms with van der Waals surface area (Å²) in [4.78, 5) is 9.75. The van der Waals surface area contributed by atoms with Crippen LogP contribution in [0.5, 0.6) is 0 Å². The van der Waals surface area contributed by atoms with E-state index in [2.05, 4.69) is 9.97 Å². The van der Waals surface area contributed by atoms with Crippen molar-refractivity contribution in [2.75, 3.05) is 19.0 Å². The Morgan fingerprint density at radius 1 is 1.30 bits per heavy atom. The first-order chi connectivity index (χ1) is 4.70. The molecule has 0 aliphatic rings. The zero-order valence-corrected chi connectivity index (χ0v) is 6.07. The molecular weight excluding hydrogens is 125 g/mol. The molecule has 0 aliphatic heterocycles. The lowest BCUT2D eigenvalue weighted by atomic mass is 10.0. The number of hydrogen-bond donors (Lipinski definition) is 0. The van der Waals surface area contributed by atoms with Crippen molar-refractivity contribution in [1.29, 1.82) is 0 Å². The molecule has 1 aromatic rings. The monoisotopic (exact) mass is 133 g/mol. The molecule has 0 aromatic carbocycles. The zero-order valence-electron chi connectivity index (χ0n) is 6.07. The van der Waals surface area contributed by atoms with E-state index in [0.717, 1.165) is 0 Å². The summed E-state index contributed by atoms with van der Waals surface area (Å²) in [6.07, 6.45) is 3.17. The molecule has 1 aromatic heterocycles. The molecule has 0 fully saturated rings. The molecule has 0 bridgehead atoms. The van der Waals surface area contributed by atoms with Gasteiger partial charge in [0.05, 0.1) is 0 Å². The molecule has 10 heavy (non-hydrogen) atoms. The van der Waals surface area contributed by atoms with E-state index in [-0.39, 0.29) is 0 Å². The third-order valence-corrected chi connectivity index (χ3v) is 1.06. The van der Waals surface area contributed by atoms with Crippen LogP contribution in [0.1, 0.15) is 0 Å². The van der Waals surface area contributed by atoms with Gasteiger partial charge in [-0.05, 0) is 0 Å². The smallest absolute Gasteiger partial charge is 0.224 e. The van der Waals surface area contributed by atoms with Gasteiger partial charge in [0.25, 0.3) is 0 Å². The Hall–Kier alpha value is -1.06. The van der Waals surface area contributed by atoms with Crippen molar-refractivity contribution in [3.8, 4) is 0 Å². The molecule has 3 nitrogen and oxygen atoms in total. The Balaban J connectivity index is 2.89. The van der Waals surface area contributed by atoms with Crippen molar-refractivity contribution in [2.45, 2.75) is 0 Å². The van der Waals surface area contributed by atoms with E-state index in [4.69, 9.17) is 7.85 Å². The maximum atomic E-state index is 5.38. The van der Waals surface area contributed by atoms with Gasteiger partial charge in [0.2, 0.25) is 5.95 Å². The highest BCUT2D eigenvalue weighted by molar-refractivity contribution is 6.31. The maximum Gasteiger partial charge on any atom is 0.224 e. The van der Waals surface area contributed by atoms with Gasteiger partial charge >= 0.3 is 0 Å². The molecule has 0 aliphatic carbocycles. The first-order valence-electron chi connectivity index (χ1n) is 2.95. The number of anilines is 1. The number of rotatable bonds is 1. The van der Waals surface area contributed by atoms with E-state index in [1.165, 1.54) is 0 Å². The molecule has 50 valence electrons. The van der Waals surface area contributed by atoms with Gasteiger partial charge in [-0.3, -0.25) is 0 Å². The second-order valence-electron chi connectivity index (χ2n) is 2.21. The largest absolute Gasteiger partial charge is 0.347 e. The van der Waals surface area contributed by atoms with Gasteiger partial charge in [-0.2, -0.15) is 0 Å². The van der Waals surface area contributed by atoms with Crippen LogP contribution in [0.4, 0.5) is 5.95 Å². The Labute approximate surface area is 61.5 Å². The number of aromatic nitrogens is 2. The first-order valence-corrected chi connectivity index (χ1v) is 2.95. The van der Waals surface area contributed by atoms with Gasteiger partial charge in [0.15, 0.2) is 0 Å². The van der Waals surface area contributed by atoms with Crippen LogP contribution >= 0.6 is 0 Å². The topological polar surface area (TPSA) is 29.0 Å². The fourth-order valence-electron chi connectivity index (χ4n) is 0.562. The highest BCUT2D eigenvalue weighted by atomic mass is 15.2. The second kappa shape index (κ2) is 2.69. The van der Waals surface area contributed by atoms with Crippen molar-refractivity contribution in [3.63, 3.8) is 0 Å². The summed E-state index contributed by atoms with van der Waals surface area (Å²) < 4.78 is 0. The summed E-state index contributed by atoms with van der Waals surface area (Å²) >= 11 is 0. The highest BCUT2D eigenvalue weighted by Gasteiger charge is 1.94. The SMILES string of the molecule is [B]c1cnc(N(C)C)nc1. The van der Waals surface area contributed by atoms with Gasteiger partial charge in [0.1, 0.15) is 7.85 Å². The van der Waals surface area contributed by atoms with E-state index < -0.39 is 0 Å². The summed E-state index contributed by atoms with van der Waals surface area (Å²) in [5.41, 5.74) is 0.589. The van der Waals surface area contributed by atoms with Gasteiger partial charge < -0.3 is 4.90 Å². The predicted molar refractivity (Wildman–Crippen MR) is 41.7 cm³/mol. The standard InChI is InChI=1S/C6H8BN3/c1-10(2)6-8-3-5(7)4-9-6/h3-4H,1-2H3. The molecule has 0 saturated heterocycles. The van der Waals surface area contributed by atoms with Crippen molar-refractivity contribution in [2.24, 2.45) is 0 Å². The van der Waals surface area contributed by atoms with Crippen LogP contribution in [0.15, 0.2) is 12.4 Å². The van der Waals surface area contributed by atoms with E-state index in [0.29, 0.717) is 11.4 Å². The maximum absolute atomic E-state index is 5.38. The van der Waals surface area contributed by atoms with E-state index in [9.17, 15) is 0 Å². The van der Waals surface area contributed by atoms with Crippen LogP contribution in [-0.4, -0.2) is 31.9 Å². The normalized spacial score (nSPS) is 9.40. The molecule has 0 atom stereocenters. The quantitative estimate of drug-likeness (QED) is 0.476. The van der Waals surface area contributed by atoms with E-state index >= 15 is 0 Å². The summed E-state index contributed by atoms with van der Waals surface area (Å²) in [5, 5.41) is 0. The van der Waals surface area contributed by atoms with Crippen molar-refractivity contribution in [1.82, 2.24) is 9.97 Å². The fraction of sp³-hybridized carbons (Fsp3) is 0.333. The van der Waals surface area contributed by atoms with Crippen LogP contribution in [0.25, 0.3) is 0 Å². The third-order valence-electron chi connectivity index (χ3n) is 1.06. The molecule has 4 heteroatoms. The van der Waals surface area contributed by atoms with Crippen molar-refractivity contribution < 1.29 is 0 Å². The lowest BCUT2D eigenvalue weighted by Gasteiger charge is -2.08. The van der Waals surface area contributed by atoms with Crippen LogP contribution in [0.3, 0.4) is 0 Å². The molecule has 1 rings (SSSR count). The van der Waals surface area contributed by atoms with Crippen LogP contribution in [0.2, 0.25) is 0 Å². The van der Waals surface area contributed by atoms with Crippen LogP contribution in [-0.2, 0) is 0 Å².